The van der Waals surface area contributed by atoms with Gasteiger partial charge in [-0.15, -0.1) is 0 Å². The van der Waals surface area contributed by atoms with Crippen molar-refractivity contribution in [1.29, 1.82) is 0 Å². The molecule has 2 aromatic carbocycles. The number of ether oxygens (including phenoxy) is 1. The Morgan fingerprint density at radius 3 is 2.26 bits per heavy atom. The minimum Gasteiger partial charge on any atom is -0.496 e. The largest absolute Gasteiger partial charge is 0.496 e. The molecule has 0 amide bonds. The fraction of sp³-hybridized carbons (Fsp3) is 0.250. The number of hydrogen-bond donors (Lipinski definition) is 1. The van der Waals surface area contributed by atoms with Crippen molar-refractivity contribution in [3.05, 3.63) is 41.0 Å². The van der Waals surface area contributed by atoms with Crippen molar-refractivity contribution >= 4 is 21.9 Å². The van der Waals surface area contributed by atoms with Gasteiger partial charge in [-0.1, -0.05) is 12.1 Å². The molecule has 3 heteroatoms. The van der Waals surface area contributed by atoms with Crippen molar-refractivity contribution in [1.82, 2.24) is 0 Å². The Balaban J connectivity index is 2.44. The summed E-state index contributed by atoms with van der Waals surface area (Å²) < 4.78 is 11.3. The van der Waals surface area contributed by atoms with E-state index in [1.807, 2.05) is 38.1 Å². The van der Waals surface area contributed by atoms with Crippen LogP contribution in [0.3, 0.4) is 0 Å². The molecule has 1 N–H and O–H groups in total. The Bertz CT molecular complexity index is 704. The summed E-state index contributed by atoms with van der Waals surface area (Å²) in [4.78, 5) is 0. The predicted octanol–water partition coefficient (Wildman–Crippen LogP) is 3.70. The second-order valence-corrected chi connectivity index (χ2v) is 4.76. The monoisotopic (exact) mass is 256 g/mol. The van der Waals surface area contributed by atoms with Gasteiger partial charge in [-0.2, -0.15) is 0 Å². The summed E-state index contributed by atoms with van der Waals surface area (Å²) in [6.07, 6.45) is 0. The number of hydrogen-bond acceptors (Lipinski definition) is 3. The lowest BCUT2D eigenvalue weighted by Crippen LogP contribution is -1.87. The van der Waals surface area contributed by atoms with Crippen LogP contribution in [0.5, 0.6) is 5.75 Å². The van der Waals surface area contributed by atoms with Crippen molar-refractivity contribution in [2.75, 3.05) is 7.11 Å². The molecule has 0 saturated heterocycles. The van der Waals surface area contributed by atoms with Crippen LogP contribution in [-0.4, -0.2) is 12.2 Å². The van der Waals surface area contributed by atoms with E-state index in [1.165, 1.54) is 0 Å². The van der Waals surface area contributed by atoms with Gasteiger partial charge in [0.25, 0.3) is 0 Å². The standard InChI is InChI=1S/C16H16O3/c1-9-11(8-17)4-5-12-13-6-7-14(18-3)10(2)16(13)19-15(9)12/h4-7,17H,8H2,1-3H3. The summed E-state index contributed by atoms with van der Waals surface area (Å²) in [6.45, 7) is 4.00. The van der Waals surface area contributed by atoms with E-state index in [2.05, 4.69) is 0 Å². The first-order valence-electron chi connectivity index (χ1n) is 6.26. The van der Waals surface area contributed by atoms with Gasteiger partial charge in [0.15, 0.2) is 0 Å². The maximum absolute atomic E-state index is 9.33. The van der Waals surface area contributed by atoms with Crippen molar-refractivity contribution in [3.8, 4) is 5.75 Å². The molecule has 0 fully saturated rings. The van der Waals surface area contributed by atoms with Crippen LogP contribution in [0, 0.1) is 13.8 Å². The number of furan rings is 1. The predicted molar refractivity (Wildman–Crippen MR) is 75.7 cm³/mol. The van der Waals surface area contributed by atoms with Crippen LogP contribution in [-0.2, 0) is 6.61 Å². The zero-order valence-corrected chi connectivity index (χ0v) is 11.3. The second-order valence-electron chi connectivity index (χ2n) is 4.76. The Labute approximate surface area is 111 Å². The van der Waals surface area contributed by atoms with Crippen LogP contribution in [0.2, 0.25) is 0 Å². The minimum atomic E-state index is 0.0289. The molecule has 0 atom stereocenters. The molecule has 0 aliphatic carbocycles. The number of fused-ring (bicyclic) bond motifs is 3. The van der Waals surface area contributed by atoms with Gasteiger partial charge in [0.1, 0.15) is 16.9 Å². The highest BCUT2D eigenvalue weighted by atomic mass is 16.5. The fourth-order valence-electron chi connectivity index (χ4n) is 2.59. The second kappa shape index (κ2) is 4.28. The molecule has 0 saturated carbocycles. The van der Waals surface area contributed by atoms with Crippen LogP contribution < -0.4 is 4.74 Å². The van der Waals surface area contributed by atoms with E-state index in [9.17, 15) is 5.11 Å². The lowest BCUT2D eigenvalue weighted by Gasteiger charge is -2.03. The molecule has 0 bridgehead atoms. The molecule has 3 nitrogen and oxygen atoms in total. The first kappa shape index (κ1) is 12.1. The van der Waals surface area contributed by atoms with E-state index in [1.54, 1.807) is 7.11 Å². The zero-order chi connectivity index (χ0) is 13.6. The average Bonchev–Trinajstić information content (AvgIpc) is 2.80. The van der Waals surface area contributed by atoms with E-state index in [0.717, 1.165) is 44.4 Å². The van der Waals surface area contributed by atoms with Gasteiger partial charge in [-0.05, 0) is 37.1 Å². The molecular weight excluding hydrogens is 240 g/mol. The molecule has 3 rings (SSSR count). The molecule has 19 heavy (non-hydrogen) atoms. The van der Waals surface area contributed by atoms with Gasteiger partial charge in [0, 0.05) is 16.3 Å². The number of benzene rings is 2. The highest BCUT2D eigenvalue weighted by Gasteiger charge is 2.14. The normalized spacial score (nSPS) is 11.4. The minimum absolute atomic E-state index is 0.0289. The van der Waals surface area contributed by atoms with Gasteiger partial charge in [-0.3, -0.25) is 0 Å². The van der Waals surface area contributed by atoms with E-state index < -0.39 is 0 Å². The summed E-state index contributed by atoms with van der Waals surface area (Å²) in [7, 11) is 1.66. The molecule has 1 aromatic heterocycles. The molecule has 0 spiro atoms. The van der Waals surface area contributed by atoms with Gasteiger partial charge >= 0.3 is 0 Å². The van der Waals surface area contributed by atoms with E-state index in [0.29, 0.717) is 0 Å². The van der Waals surface area contributed by atoms with Crippen LogP contribution in [0.1, 0.15) is 16.7 Å². The van der Waals surface area contributed by atoms with Crippen molar-refractivity contribution in [3.63, 3.8) is 0 Å². The highest BCUT2D eigenvalue weighted by Crippen LogP contribution is 2.36. The molecule has 98 valence electrons. The first-order chi connectivity index (χ1) is 9.17. The maximum atomic E-state index is 9.33. The highest BCUT2D eigenvalue weighted by molar-refractivity contribution is 6.07. The lowest BCUT2D eigenvalue weighted by molar-refractivity contribution is 0.281. The summed E-state index contributed by atoms with van der Waals surface area (Å²) in [5.74, 6) is 0.826. The Morgan fingerprint density at radius 1 is 1.00 bits per heavy atom. The SMILES string of the molecule is COc1ccc2c(oc3c(C)c(CO)ccc32)c1C. The topological polar surface area (TPSA) is 42.6 Å². The zero-order valence-electron chi connectivity index (χ0n) is 11.3. The van der Waals surface area contributed by atoms with Gasteiger partial charge in [-0.25, -0.2) is 0 Å². The Morgan fingerprint density at radius 2 is 1.63 bits per heavy atom. The summed E-state index contributed by atoms with van der Waals surface area (Å²) in [5, 5.41) is 11.5. The smallest absolute Gasteiger partial charge is 0.142 e. The summed E-state index contributed by atoms with van der Waals surface area (Å²) in [5.41, 5.74) is 4.59. The fourth-order valence-corrected chi connectivity index (χ4v) is 2.59. The molecule has 0 radical (unpaired) electrons. The van der Waals surface area contributed by atoms with Gasteiger partial charge in [0.05, 0.1) is 13.7 Å². The molecule has 0 unspecified atom stereocenters. The average molecular weight is 256 g/mol. The summed E-state index contributed by atoms with van der Waals surface area (Å²) in [6, 6.07) is 7.94. The first-order valence-corrected chi connectivity index (χ1v) is 6.26. The molecule has 1 heterocycles. The number of methoxy groups -OCH3 is 1. The van der Waals surface area contributed by atoms with E-state index >= 15 is 0 Å². The van der Waals surface area contributed by atoms with E-state index in [-0.39, 0.29) is 6.61 Å². The lowest BCUT2D eigenvalue weighted by atomic mass is 10.0. The quantitative estimate of drug-likeness (QED) is 0.760. The van der Waals surface area contributed by atoms with Gasteiger partial charge in [0.2, 0.25) is 0 Å². The van der Waals surface area contributed by atoms with Crippen LogP contribution in [0.15, 0.2) is 28.7 Å². The van der Waals surface area contributed by atoms with E-state index in [4.69, 9.17) is 9.15 Å². The molecule has 0 aliphatic rings. The summed E-state index contributed by atoms with van der Waals surface area (Å²) >= 11 is 0. The number of rotatable bonds is 2. The Hall–Kier alpha value is -2.00. The maximum Gasteiger partial charge on any atom is 0.142 e. The molecular formula is C16H16O3. The van der Waals surface area contributed by atoms with Crippen molar-refractivity contribution in [2.45, 2.75) is 20.5 Å². The van der Waals surface area contributed by atoms with Crippen LogP contribution in [0.25, 0.3) is 21.9 Å². The number of aryl methyl sites for hydroxylation is 2. The third-order valence-corrected chi connectivity index (χ3v) is 3.76. The van der Waals surface area contributed by atoms with Gasteiger partial charge < -0.3 is 14.3 Å². The van der Waals surface area contributed by atoms with Crippen LogP contribution in [0.4, 0.5) is 0 Å². The number of aliphatic hydroxyl groups excluding tert-OH is 1. The molecule has 3 aromatic rings. The third kappa shape index (κ3) is 1.62. The van der Waals surface area contributed by atoms with Crippen molar-refractivity contribution in [2.24, 2.45) is 0 Å². The number of aliphatic hydroxyl groups is 1. The third-order valence-electron chi connectivity index (χ3n) is 3.76. The Kier molecular flexibility index (Phi) is 2.72. The molecule has 0 aliphatic heterocycles. The van der Waals surface area contributed by atoms with Crippen LogP contribution >= 0.6 is 0 Å². The van der Waals surface area contributed by atoms with Crippen molar-refractivity contribution < 1.29 is 14.3 Å².